The molecule has 78 valence electrons. The number of amides is 1. The summed E-state index contributed by atoms with van der Waals surface area (Å²) in [5.74, 6) is -0.346. The maximum Gasteiger partial charge on any atom is 0.237 e. The zero-order chi connectivity index (χ0) is 10.5. The lowest BCUT2D eigenvalue weighted by Gasteiger charge is -2.28. The first-order chi connectivity index (χ1) is 5.96. The normalized spacial score (nSPS) is 17.8. The first-order valence-corrected chi connectivity index (χ1v) is 4.56. The molecule has 4 heteroatoms. The van der Waals surface area contributed by atoms with Crippen molar-refractivity contribution in [2.45, 2.75) is 38.8 Å². The van der Waals surface area contributed by atoms with Gasteiger partial charge < -0.3 is 15.8 Å². The second kappa shape index (κ2) is 5.19. The van der Waals surface area contributed by atoms with Gasteiger partial charge in [-0.25, -0.2) is 0 Å². The summed E-state index contributed by atoms with van der Waals surface area (Å²) < 4.78 is 5.34. The molecule has 2 atom stereocenters. The molecule has 13 heavy (non-hydrogen) atoms. The van der Waals surface area contributed by atoms with E-state index in [2.05, 4.69) is 5.32 Å². The number of rotatable bonds is 6. The van der Waals surface area contributed by atoms with Gasteiger partial charge in [0.2, 0.25) is 5.91 Å². The van der Waals surface area contributed by atoms with Gasteiger partial charge in [-0.3, -0.25) is 4.79 Å². The topological polar surface area (TPSA) is 64.3 Å². The predicted molar refractivity (Wildman–Crippen MR) is 52.4 cm³/mol. The van der Waals surface area contributed by atoms with Crippen molar-refractivity contribution < 1.29 is 9.53 Å². The van der Waals surface area contributed by atoms with Crippen LogP contribution >= 0.6 is 0 Å². The summed E-state index contributed by atoms with van der Waals surface area (Å²) in [7, 11) is 1.73. The van der Waals surface area contributed by atoms with Crippen molar-refractivity contribution in [2.75, 3.05) is 13.7 Å². The molecule has 0 aromatic rings. The Bertz CT molecular complexity index is 173. The molecular weight excluding hydrogens is 168 g/mol. The van der Waals surface area contributed by atoms with Crippen LogP contribution < -0.4 is 11.1 Å². The molecule has 0 spiro atoms. The maximum absolute atomic E-state index is 11.1. The van der Waals surface area contributed by atoms with Crippen LogP contribution in [-0.2, 0) is 9.53 Å². The number of likely N-dealkylation sites (N-methyl/N-ethyl adjacent to an activating group) is 1. The van der Waals surface area contributed by atoms with Gasteiger partial charge in [-0.15, -0.1) is 0 Å². The smallest absolute Gasteiger partial charge is 0.237 e. The van der Waals surface area contributed by atoms with Crippen molar-refractivity contribution in [2.24, 2.45) is 5.73 Å². The van der Waals surface area contributed by atoms with Crippen molar-refractivity contribution in [3.05, 3.63) is 0 Å². The van der Waals surface area contributed by atoms with E-state index in [0.717, 1.165) is 0 Å². The van der Waals surface area contributed by atoms with E-state index in [-0.39, 0.29) is 12.0 Å². The van der Waals surface area contributed by atoms with E-state index in [1.54, 1.807) is 14.0 Å². The molecule has 0 bridgehead atoms. The number of carbonyl (C=O) groups excluding carboxylic acids is 1. The number of hydrogen-bond acceptors (Lipinski definition) is 3. The molecule has 0 aliphatic carbocycles. The number of hydrogen-bond donors (Lipinski definition) is 2. The fraction of sp³-hybridized carbons (Fsp3) is 0.889. The molecule has 0 radical (unpaired) electrons. The highest BCUT2D eigenvalue weighted by atomic mass is 16.5. The van der Waals surface area contributed by atoms with Crippen molar-refractivity contribution in [1.82, 2.24) is 5.32 Å². The van der Waals surface area contributed by atoms with Gasteiger partial charge in [-0.1, -0.05) is 0 Å². The van der Waals surface area contributed by atoms with Crippen LogP contribution in [0.25, 0.3) is 0 Å². The van der Waals surface area contributed by atoms with Gasteiger partial charge >= 0.3 is 0 Å². The summed E-state index contributed by atoms with van der Waals surface area (Å²) in [4.78, 5) is 11.1. The molecule has 2 unspecified atom stereocenters. The second-order valence-corrected chi connectivity index (χ2v) is 3.42. The average Bonchev–Trinajstić information content (AvgIpc) is 2.04. The molecule has 3 N–H and O–H groups in total. The van der Waals surface area contributed by atoms with Gasteiger partial charge in [-0.2, -0.15) is 0 Å². The van der Waals surface area contributed by atoms with Crippen LogP contribution in [0.2, 0.25) is 0 Å². The third-order valence-electron chi connectivity index (χ3n) is 2.24. The molecular formula is C9H20N2O2. The standard InChI is InChI=1S/C9H20N2O2/c1-5-13-7(2)6-9(3,11-4)8(10)12/h7,11H,5-6H2,1-4H3,(H2,10,12). The first-order valence-electron chi connectivity index (χ1n) is 4.56. The fourth-order valence-electron chi connectivity index (χ4n) is 1.24. The van der Waals surface area contributed by atoms with E-state index in [9.17, 15) is 4.79 Å². The zero-order valence-corrected chi connectivity index (χ0v) is 8.89. The van der Waals surface area contributed by atoms with Crippen LogP contribution in [0, 0.1) is 0 Å². The van der Waals surface area contributed by atoms with Crippen LogP contribution in [0.5, 0.6) is 0 Å². The summed E-state index contributed by atoms with van der Waals surface area (Å²) in [6.07, 6.45) is 0.627. The van der Waals surface area contributed by atoms with Crippen LogP contribution in [0.1, 0.15) is 27.2 Å². The second-order valence-electron chi connectivity index (χ2n) is 3.42. The lowest BCUT2D eigenvalue weighted by atomic mass is 9.94. The van der Waals surface area contributed by atoms with Crippen molar-refractivity contribution in [3.63, 3.8) is 0 Å². The third kappa shape index (κ3) is 3.74. The van der Waals surface area contributed by atoms with Crippen molar-refractivity contribution >= 4 is 5.91 Å². The highest BCUT2D eigenvalue weighted by molar-refractivity contribution is 5.84. The van der Waals surface area contributed by atoms with E-state index < -0.39 is 5.54 Å². The fourth-order valence-corrected chi connectivity index (χ4v) is 1.24. The Hall–Kier alpha value is -0.610. The summed E-state index contributed by atoms with van der Waals surface area (Å²) in [5, 5.41) is 2.91. The molecule has 0 saturated carbocycles. The SMILES string of the molecule is CCOC(C)CC(C)(NC)C(N)=O. The molecule has 1 amide bonds. The predicted octanol–water partition coefficient (Wildman–Crippen LogP) is 0.265. The van der Waals surface area contributed by atoms with Gasteiger partial charge in [-0.05, 0) is 27.8 Å². The van der Waals surface area contributed by atoms with Gasteiger partial charge in [0.25, 0.3) is 0 Å². The molecule has 0 rings (SSSR count). The molecule has 0 saturated heterocycles. The van der Waals surface area contributed by atoms with Crippen molar-refractivity contribution in [3.8, 4) is 0 Å². The van der Waals surface area contributed by atoms with E-state index in [0.29, 0.717) is 13.0 Å². The van der Waals surface area contributed by atoms with Gasteiger partial charge in [0, 0.05) is 13.0 Å². The third-order valence-corrected chi connectivity index (χ3v) is 2.24. The Morgan fingerprint density at radius 3 is 2.54 bits per heavy atom. The average molecular weight is 188 g/mol. The quantitative estimate of drug-likeness (QED) is 0.628. The Morgan fingerprint density at radius 2 is 2.23 bits per heavy atom. The summed E-state index contributed by atoms with van der Waals surface area (Å²) in [6.45, 7) is 6.30. The minimum atomic E-state index is -0.672. The molecule has 0 aromatic heterocycles. The zero-order valence-electron chi connectivity index (χ0n) is 8.89. The number of primary amides is 1. The van der Waals surface area contributed by atoms with E-state index in [1.807, 2.05) is 13.8 Å². The van der Waals surface area contributed by atoms with E-state index in [4.69, 9.17) is 10.5 Å². The summed E-state index contributed by atoms with van der Waals surface area (Å²) in [6, 6.07) is 0. The summed E-state index contributed by atoms with van der Waals surface area (Å²) in [5.41, 5.74) is 4.60. The Balaban J connectivity index is 4.18. The van der Waals surface area contributed by atoms with Crippen LogP contribution in [0.3, 0.4) is 0 Å². The maximum atomic E-state index is 11.1. The molecule has 4 nitrogen and oxygen atoms in total. The Kier molecular flexibility index (Phi) is 4.95. The number of nitrogens with two attached hydrogens (primary N) is 1. The molecule has 0 aliphatic rings. The monoisotopic (exact) mass is 188 g/mol. The van der Waals surface area contributed by atoms with E-state index >= 15 is 0 Å². The minimum Gasteiger partial charge on any atom is -0.379 e. The van der Waals surface area contributed by atoms with Crippen LogP contribution in [-0.4, -0.2) is 31.2 Å². The van der Waals surface area contributed by atoms with Gasteiger partial charge in [0.15, 0.2) is 0 Å². The lowest BCUT2D eigenvalue weighted by Crippen LogP contribution is -2.53. The van der Waals surface area contributed by atoms with Gasteiger partial charge in [0.1, 0.15) is 0 Å². The largest absolute Gasteiger partial charge is 0.379 e. The molecule has 0 heterocycles. The minimum absolute atomic E-state index is 0.0370. The Labute approximate surface area is 79.8 Å². The van der Waals surface area contributed by atoms with Crippen molar-refractivity contribution in [1.29, 1.82) is 0 Å². The van der Waals surface area contributed by atoms with Crippen LogP contribution in [0.4, 0.5) is 0 Å². The highest BCUT2D eigenvalue weighted by Gasteiger charge is 2.30. The number of nitrogens with one attached hydrogen (secondary N) is 1. The Morgan fingerprint density at radius 1 is 1.69 bits per heavy atom. The summed E-state index contributed by atoms with van der Waals surface area (Å²) >= 11 is 0. The van der Waals surface area contributed by atoms with Crippen LogP contribution in [0.15, 0.2) is 0 Å². The number of carbonyl (C=O) groups is 1. The molecule has 0 aromatic carbocycles. The molecule has 0 fully saturated rings. The highest BCUT2D eigenvalue weighted by Crippen LogP contribution is 2.13. The lowest BCUT2D eigenvalue weighted by molar-refractivity contribution is -0.125. The molecule has 0 aliphatic heterocycles. The van der Waals surface area contributed by atoms with E-state index in [1.165, 1.54) is 0 Å². The van der Waals surface area contributed by atoms with Gasteiger partial charge in [0.05, 0.1) is 11.6 Å². The number of ether oxygens (including phenoxy) is 1. The first kappa shape index (κ1) is 12.4.